The molecule has 3 aromatic heterocycles. The molecule has 55 heavy (non-hydrogen) atoms. The third-order valence-corrected chi connectivity index (χ3v) is 13.5. The lowest BCUT2D eigenvalue weighted by atomic mass is 9.56. The Morgan fingerprint density at radius 1 is 0.909 bits per heavy atom. The molecule has 0 spiro atoms. The molecule has 2 amide bonds. The van der Waals surface area contributed by atoms with Crippen LogP contribution >= 0.6 is 22.9 Å². The van der Waals surface area contributed by atoms with Gasteiger partial charge in [0, 0.05) is 34.3 Å². The summed E-state index contributed by atoms with van der Waals surface area (Å²) in [5.74, 6) is -2.32. The maximum Gasteiger partial charge on any atom is 0.352 e. The number of carbonyl (C=O) groups is 2. The van der Waals surface area contributed by atoms with Crippen LogP contribution < -0.4 is 16.3 Å². The summed E-state index contributed by atoms with van der Waals surface area (Å²) in [4.78, 5) is 60.7. The highest BCUT2D eigenvalue weighted by molar-refractivity contribution is 7.22. The lowest BCUT2D eigenvalue weighted by Gasteiger charge is -2.47. The number of hydrogen-bond donors (Lipinski definition) is 1. The van der Waals surface area contributed by atoms with E-state index in [4.69, 9.17) is 16.7 Å². The minimum absolute atomic E-state index is 0.0238. The van der Waals surface area contributed by atoms with Gasteiger partial charge in [-0.25, -0.2) is 28.4 Å². The number of fused-ring (bicyclic) bond motifs is 6. The maximum atomic E-state index is 15.3. The average Bonchev–Trinajstić information content (AvgIpc) is 3.85. The molecule has 2 aliphatic heterocycles. The van der Waals surface area contributed by atoms with Crippen LogP contribution in [-0.2, 0) is 23.2 Å². The van der Waals surface area contributed by atoms with Gasteiger partial charge in [0.05, 0.1) is 34.5 Å². The Bertz CT molecular complexity index is 2970. The molecule has 1 N–H and O–H groups in total. The number of aryl methyl sites for hydroxylation is 2. The van der Waals surface area contributed by atoms with Crippen molar-refractivity contribution < 1.29 is 14.7 Å². The predicted molar refractivity (Wildman–Crippen MR) is 212 cm³/mol. The number of amides is 2. The third-order valence-electron chi connectivity index (χ3n) is 12.0. The standard InChI is InChI=1S/C42H33ClN6O5S/c1-22-28-19-24(43)14-16-33(28)55-37(22)30-21-34(45(3)44-30)48-38(51)29-20-31-27(17-18-46-40(53)47(41(54)49(31)46)25-10-5-4-6-11-25)36(42(29,2)39(48)52)35-26-12-8-7-9-23(26)13-15-32(35)50/h4-17,19,21,29,31,36,50H,18,20H2,1-3H3. The summed E-state index contributed by atoms with van der Waals surface area (Å²) in [6.07, 6.45) is 1.98. The number of imide groups is 1. The highest BCUT2D eigenvalue weighted by Crippen LogP contribution is 2.63. The van der Waals surface area contributed by atoms with Gasteiger partial charge in [0.25, 0.3) is 0 Å². The molecule has 5 heterocycles. The number of benzene rings is 4. The Morgan fingerprint density at radius 2 is 1.67 bits per heavy atom. The summed E-state index contributed by atoms with van der Waals surface area (Å²) < 4.78 is 6.59. The van der Waals surface area contributed by atoms with Gasteiger partial charge < -0.3 is 5.11 Å². The van der Waals surface area contributed by atoms with Crippen molar-refractivity contribution in [3.8, 4) is 22.0 Å². The van der Waals surface area contributed by atoms with Gasteiger partial charge in [-0.3, -0.25) is 14.3 Å². The molecular weight excluding hydrogens is 736 g/mol. The largest absolute Gasteiger partial charge is 0.508 e. The van der Waals surface area contributed by atoms with E-state index >= 15 is 4.79 Å². The number of aromatic hydroxyl groups is 1. The number of phenolic OH excluding ortho intramolecular Hbond substituents is 1. The minimum Gasteiger partial charge on any atom is -0.508 e. The second-order valence-corrected chi connectivity index (χ2v) is 16.3. The molecule has 0 bridgehead atoms. The van der Waals surface area contributed by atoms with Crippen LogP contribution in [-0.4, -0.2) is 40.6 Å². The van der Waals surface area contributed by atoms with E-state index in [1.54, 1.807) is 66.4 Å². The number of allylic oxidation sites excluding steroid dienone is 2. The molecule has 1 aliphatic carbocycles. The summed E-state index contributed by atoms with van der Waals surface area (Å²) >= 11 is 7.89. The number of halogens is 1. The molecule has 13 heteroatoms. The first-order chi connectivity index (χ1) is 26.5. The van der Waals surface area contributed by atoms with Crippen LogP contribution in [0.1, 0.15) is 36.4 Å². The van der Waals surface area contributed by atoms with E-state index in [1.807, 2.05) is 67.6 Å². The van der Waals surface area contributed by atoms with Crippen molar-refractivity contribution in [2.45, 2.75) is 38.8 Å². The lowest BCUT2D eigenvalue weighted by molar-refractivity contribution is -0.129. The van der Waals surface area contributed by atoms with Crippen LogP contribution in [0.15, 0.2) is 112 Å². The summed E-state index contributed by atoms with van der Waals surface area (Å²) in [7, 11) is 1.71. The second kappa shape index (κ2) is 11.8. The molecule has 1 saturated carbocycles. The Morgan fingerprint density at radius 3 is 2.47 bits per heavy atom. The molecule has 11 nitrogen and oxygen atoms in total. The monoisotopic (exact) mass is 768 g/mol. The first kappa shape index (κ1) is 33.6. The molecule has 4 atom stereocenters. The number of hydrogen-bond acceptors (Lipinski definition) is 7. The van der Waals surface area contributed by atoms with Crippen molar-refractivity contribution in [3.05, 3.63) is 140 Å². The van der Waals surface area contributed by atoms with Crippen LogP contribution in [0.5, 0.6) is 5.75 Å². The molecule has 4 unspecified atom stereocenters. The number of phenols is 1. The minimum atomic E-state index is -1.39. The number of anilines is 1. The van der Waals surface area contributed by atoms with Crippen molar-refractivity contribution in [1.29, 1.82) is 0 Å². The molecule has 10 rings (SSSR count). The van der Waals surface area contributed by atoms with E-state index in [-0.39, 0.29) is 18.7 Å². The van der Waals surface area contributed by atoms with Gasteiger partial charge >= 0.3 is 11.4 Å². The fourth-order valence-corrected chi connectivity index (χ4v) is 10.7. The van der Waals surface area contributed by atoms with E-state index in [9.17, 15) is 19.5 Å². The van der Waals surface area contributed by atoms with Gasteiger partial charge in [0.2, 0.25) is 11.8 Å². The number of nitrogens with zero attached hydrogens (tertiary/aromatic N) is 6. The van der Waals surface area contributed by atoms with Crippen LogP contribution in [0.3, 0.4) is 0 Å². The topological polar surface area (TPSA) is 124 Å². The van der Waals surface area contributed by atoms with Crippen LogP contribution in [0.4, 0.5) is 5.82 Å². The molecule has 0 radical (unpaired) electrons. The van der Waals surface area contributed by atoms with Gasteiger partial charge in [0.15, 0.2) is 0 Å². The number of carbonyl (C=O) groups excluding carboxylic acids is 2. The summed E-state index contributed by atoms with van der Waals surface area (Å²) in [6, 6.07) is 26.5. The molecule has 2 fully saturated rings. The maximum absolute atomic E-state index is 15.3. The molecule has 3 aliphatic rings. The summed E-state index contributed by atoms with van der Waals surface area (Å²) in [6.45, 7) is 3.88. The Hall–Kier alpha value is -5.98. The zero-order valence-electron chi connectivity index (χ0n) is 29.9. The quantitative estimate of drug-likeness (QED) is 0.151. The zero-order chi connectivity index (χ0) is 38.1. The molecule has 1 saturated heterocycles. The lowest BCUT2D eigenvalue weighted by Crippen LogP contribution is -2.49. The van der Waals surface area contributed by atoms with Crippen molar-refractivity contribution in [3.63, 3.8) is 0 Å². The smallest absolute Gasteiger partial charge is 0.352 e. The molecule has 7 aromatic rings. The van der Waals surface area contributed by atoms with Gasteiger partial charge in [-0.1, -0.05) is 66.2 Å². The summed E-state index contributed by atoms with van der Waals surface area (Å²) in [5, 5.41) is 19.8. The van der Waals surface area contributed by atoms with Gasteiger partial charge in [-0.05, 0) is 84.0 Å². The fraction of sp³-hybridized carbons (Fsp3) is 0.214. The first-order valence-electron chi connectivity index (χ1n) is 18.0. The van der Waals surface area contributed by atoms with Crippen molar-refractivity contribution >= 4 is 61.4 Å². The van der Waals surface area contributed by atoms with Crippen LogP contribution in [0, 0.1) is 18.3 Å². The van der Waals surface area contributed by atoms with Gasteiger partial charge in [-0.15, -0.1) is 11.3 Å². The van der Waals surface area contributed by atoms with E-state index in [1.165, 1.54) is 14.3 Å². The molecule has 4 aromatic carbocycles. The predicted octanol–water partition coefficient (Wildman–Crippen LogP) is 7.10. The molecule has 274 valence electrons. The van der Waals surface area contributed by atoms with Gasteiger partial charge in [0.1, 0.15) is 17.3 Å². The number of para-hydroxylation sites is 1. The second-order valence-electron chi connectivity index (χ2n) is 14.8. The van der Waals surface area contributed by atoms with Crippen molar-refractivity contribution in [1.82, 2.24) is 23.7 Å². The van der Waals surface area contributed by atoms with E-state index in [0.717, 1.165) is 35.9 Å². The Kier molecular flexibility index (Phi) is 7.18. The number of aromatic nitrogens is 5. The highest BCUT2D eigenvalue weighted by Gasteiger charge is 2.66. The van der Waals surface area contributed by atoms with E-state index in [0.29, 0.717) is 33.4 Å². The Balaban J connectivity index is 1.16. The average molecular weight is 769 g/mol. The van der Waals surface area contributed by atoms with E-state index in [2.05, 4.69) is 0 Å². The Labute approximate surface area is 322 Å². The van der Waals surface area contributed by atoms with Gasteiger partial charge in [-0.2, -0.15) is 5.10 Å². The highest BCUT2D eigenvalue weighted by atomic mass is 35.5. The fourth-order valence-electron chi connectivity index (χ4n) is 9.40. The number of thiophene rings is 1. The van der Waals surface area contributed by atoms with Crippen LogP contribution in [0.25, 0.3) is 37.1 Å². The van der Waals surface area contributed by atoms with Crippen molar-refractivity contribution in [2.75, 3.05) is 4.90 Å². The van der Waals surface area contributed by atoms with Crippen LogP contribution in [0.2, 0.25) is 5.02 Å². The number of rotatable bonds is 4. The molecular formula is C42H33ClN6O5S. The van der Waals surface area contributed by atoms with Crippen molar-refractivity contribution in [2.24, 2.45) is 18.4 Å². The summed E-state index contributed by atoms with van der Waals surface area (Å²) in [5.41, 5.74) is 0.816. The zero-order valence-corrected chi connectivity index (χ0v) is 31.5. The first-order valence-corrected chi connectivity index (χ1v) is 19.2. The third kappa shape index (κ3) is 4.52. The van der Waals surface area contributed by atoms with E-state index < -0.39 is 46.5 Å². The normalized spacial score (nSPS) is 21.9. The SMILES string of the molecule is Cc1c(-c2cc(N3C(=O)C4CC5C(=CCn6c(=O)n(-c7ccccc7)c(=O)n65)C(c5c(O)ccc6ccccc56)C4(C)C3=O)n(C)n2)sc2ccc(Cl)cc12.